The number of nitrogens with zero attached hydrogens (tertiary/aromatic N) is 3. The molecule has 0 bridgehead atoms. The largest absolute Gasteiger partial charge is 0.377 e. The van der Waals surface area contributed by atoms with Crippen LogP contribution in [0.15, 0.2) is 5.03 Å². The van der Waals surface area contributed by atoms with Crippen LogP contribution in [0.1, 0.15) is 36.3 Å². The molecule has 1 aliphatic rings. The molecular formula is C13H17N3OS. The van der Waals surface area contributed by atoms with Crippen LogP contribution in [-0.2, 0) is 4.74 Å². The molecule has 0 radical (unpaired) electrons. The Labute approximate surface area is 112 Å². The second kappa shape index (κ2) is 6.17. The molecule has 2 heterocycles. The fourth-order valence-corrected chi connectivity index (χ4v) is 3.17. The third kappa shape index (κ3) is 3.21. The highest BCUT2D eigenvalue weighted by Gasteiger charge is 2.17. The minimum absolute atomic E-state index is 0.297. The van der Waals surface area contributed by atoms with Gasteiger partial charge in [-0.2, -0.15) is 5.26 Å². The van der Waals surface area contributed by atoms with Crippen molar-refractivity contribution in [2.45, 2.75) is 44.2 Å². The molecule has 0 aromatic carbocycles. The zero-order valence-corrected chi connectivity index (χ0v) is 11.6. The van der Waals surface area contributed by atoms with E-state index in [1.807, 2.05) is 13.8 Å². The van der Waals surface area contributed by atoms with E-state index in [0.717, 1.165) is 41.7 Å². The Morgan fingerprint density at radius 3 is 2.89 bits per heavy atom. The van der Waals surface area contributed by atoms with Crippen LogP contribution in [0.2, 0.25) is 0 Å². The summed E-state index contributed by atoms with van der Waals surface area (Å²) < 4.78 is 5.69. The van der Waals surface area contributed by atoms with Crippen LogP contribution < -0.4 is 0 Å². The standard InChI is InChI=1S/C13H17N3OS/c1-9-12(7-14)13(16-10(2)15-9)18-8-11-5-3-4-6-17-11/h11H,3-6,8H2,1-2H3. The summed E-state index contributed by atoms with van der Waals surface area (Å²) in [5, 5.41) is 9.94. The van der Waals surface area contributed by atoms with Crippen molar-refractivity contribution in [3.8, 4) is 6.07 Å². The van der Waals surface area contributed by atoms with Gasteiger partial charge in [-0.1, -0.05) is 0 Å². The van der Waals surface area contributed by atoms with Gasteiger partial charge >= 0.3 is 0 Å². The summed E-state index contributed by atoms with van der Waals surface area (Å²) in [6.45, 7) is 4.57. The molecule has 18 heavy (non-hydrogen) atoms. The summed E-state index contributed by atoms with van der Waals surface area (Å²) in [5.41, 5.74) is 1.36. The van der Waals surface area contributed by atoms with Gasteiger partial charge in [0.05, 0.1) is 11.8 Å². The van der Waals surface area contributed by atoms with Crippen LogP contribution in [0.3, 0.4) is 0 Å². The van der Waals surface area contributed by atoms with E-state index in [1.165, 1.54) is 6.42 Å². The lowest BCUT2D eigenvalue weighted by molar-refractivity contribution is 0.0315. The smallest absolute Gasteiger partial charge is 0.126 e. The lowest BCUT2D eigenvalue weighted by atomic mass is 10.1. The van der Waals surface area contributed by atoms with Gasteiger partial charge in [0, 0.05) is 12.4 Å². The number of rotatable bonds is 3. The molecule has 4 nitrogen and oxygen atoms in total. The maximum Gasteiger partial charge on any atom is 0.126 e. The topological polar surface area (TPSA) is 58.8 Å². The van der Waals surface area contributed by atoms with Crippen LogP contribution >= 0.6 is 11.8 Å². The van der Waals surface area contributed by atoms with Crippen molar-refractivity contribution in [3.63, 3.8) is 0 Å². The van der Waals surface area contributed by atoms with Gasteiger partial charge in [-0.3, -0.25) is 0 Å². The lowest BCUT2D eigenvalue weighted by Crippen LogP contribution is -2.21. The fraction of sp³-hybridized carbons (Fsp3) is 0.615. The minimum Gasteiger partial charge on any atom is -0.377 e. The normalized spacial score (nSPS) is 19.5. The third-order valence-electron chi connectivity index (χ3n) is 2.96. The van der Waals surface area contributed by atoms with Crippen molar-refractivity contribution >= 4 is 11.8 Å². The lowest BCUT2D eigenvalue weighted by Gasteiger charge is -2.22. The van der Waals surface area contributed by atoms with Crippen LogP contribution in [0.25, 0.3) is 0 Å². The van der Waals surface area contributed by atoms with Gasteiger partial charge in [-0.25, -0.2) is 9.97 Å². The fourth-order valence-electron chi connectivity index (χ4n) is 2.03. The molecule has 0 N–H and O–H groups in total. The summed E-state index contributed by atoms with van der Waals surface area (Å²) in [5.74, 6) is 1.59. The Kier molecular flexibility index (Phi) is 4.56. The average molecular weight is 263 g/mol. The molecule has 1 atom stereocenters. The second-order valence-corrected chi connectivity index (χ2v) is 5.46. The van der Waals surface area contributed by atoms with Gasteiger partial charge in [0.2, 0.25) is 0 Å². The van der Waals surface area contributed by atoms with Crippen LogP contribution in [0.4, 0.5) is 0 Å². The highest BCUT2D eigenvalue weighted by Crippen LogP contribution is 2.25. The first-order valence-corrected chi connectivity index (χ1v) is 7.19. The Morgan fingerprint density at radius 2 is 2.22 bits per heavy atom. The Bertz CT molecular complexity index is 464. The first-order valence-electron chi connectivity index (χ1n) is 6.20. The number of hydrogen-bond acceptors (Lipinski definition) is 5. The van der Waals surface area contributed by atoms with Crippen molar-refractivity contribution in [2.24, 2.45) is 0 Å². The quantitative estimate of drug-likeness (QED) is 0.619. The van der Waals surface area contributed by atoms with Crippen molar-refractivity contribution in [1.82, 2.24) is 9.97 Å². The van der Waals surface area contributed by atoms with Crippen LogP contribution in [-0.4, -0.2) is 28.4 Å². The molecule has 1 saturated heterocycles. The minimum atomic E-state index is 0.297. The molecule has 1 unspecified atom stereocenters. The number of nitriles is 1. The van der Waals surface area contributed by atoms with E-state index < -0.39 is 0 Å². The monoisotopic (exact) mass is 263 g/mol. The van der Waals surface area contributed by atoms with Crippen LogP contribution in [0.5, 0.6) is 0 Å². The van der Waals surface area contributed by atoms with Crippen molar-refractivity contribution in [3.05, 3.63) is 17.1 Å². The molecule has 2 rings (SSSR count). The maximum atomic E-state index is 9.15. The molecule has 0 spiro atoms. The predicted octanol–water partition coefficient (Wildman–Crippen LogP) is 2.63. The van der Waals surface area contributed by atoms with Gasteiger partial charge in [0.1, 0.15) is 22.5 Å². The Balaban J connectivity index is 2.06. The molecule has 1 aromatic heterocycles. The zero-order chi connectivity index (χ0) is 13.0. The molecule has 5 heteroatoms. The summed E-state index contributed by atoms with van der Waals surface area (Å²) in [6.07, 6.45) is 3.80. The number of ether oxygens (including phenoxy) is 1. The molecule has 1 aromatic rings. The number of hydrogen-bond donors (Lipinski definition) is 0. The molecular weight excluding hydrogens is 246 g/mol. The average Bonchev–Trinajstić information content (AvgIpc) is 2.37. The molecule has 0 saturated carbocycles. The highest BCUT2D eigenvalue weighted by atomic mass is 32.2. The summed E-state index contributed by atoms with van der Waals surface area (Å²) in [4.78, 5) is 8.58. The van der Waals surface area contributed by atoms with E-state index in [-0.39, 0.29) is 0 Å². The Morgan fingerprint density at radius 1 is 1.39 bits per heavy atom. The van der Waals surface area contributed by atoms with Gasteiger partial charge < -0.3 is 4.74 Å². The SMILES string of the molecule is Cc1nc(C)c(C#N)c(SCC2CCCCO2)n1. The first kappa shape index (κ1) is 13.3. The molecule has 0 amide bonds. The molecule has 0 aliphatic carbocycles. The Hall–Kier alpha value is -1.12. The highest BCUT2D eigenvalue weighted by molar-refractivity contribution is 7.99. The number of thioether (sulfide) groups is 1. The van der Waals surface area contributed by atoms with E-state index in [1.54, 1.807) is 11.8 Å². The molecule has 1 aliphatic heterocycles. The predicted molar refractivity (Wildman–Crippen MR) is 70.5 cm³/mol. The number of aromatic nitrogens is 2. The third-order valence-corrected chi connectivity index (χ3v) is 4.07. The summed E-state index contributed by atoms with van der Waals surface area (Å²) >= 11 is 1.61. The van der Waals surface area contributed by atoms with Crippen molar-refractivity contribution in [1.29, 1.82) is 5.26 Å². The van der Waals surface area contributed by atoms with Gasteiger partial charge in [-0.05, 0) is 33.1 Å². The summed E-state index contributed by atoms with van der Waals surface area (Å²) in [7, 11) is 0. The van der Waals surface area contributed by atoms with Crippen molar-refractivity contribution in [2.75, 3.05) is 12.4 Å². The van der Waals surface area contributed by atoms with Gasteiger partial charge in [-0.15, -0.1) is 11.8 Å². The van der Waals surface area contributed by atoms with Gasteiger partial charge in [0.25, 0.3) is 0 Å². The molecule has 96 valence electrons. The molecule has 1 fully saturated rings. The maximum absolute atomic E-state index is 9.15. The van der Waals surface area contributed by atoms with Gasteiger partial charge in [0.15, 0.2) is 0 Å². The second-order valence-electron chi connectivity index (χ2n) is 4.45. The van der Waals surface area contributed by atoms with E-state index in [0.29, 0.717) is 11.7 Å². The zero-order valence-electron chi connectivity index (χ0n) is 10.8. The summed E-state index contributed by atoms with van der Waals surface area (Å²) in [6, 6.07) is 2.19. The van der Waals surface area contributed by atoms with Crippen molar-refractivity contribution < 1.29 is 4.74 Å². The van der Waals surface area contributed by atoms with E-state index >= 15 is 0 Å². The van der Waals surface area contributed by atoms with E-state index in [4.69, 9.17) is 10.00 Å². The first-order chi connectivity index (χ1) is 8.70. The number of aryl methyl sites for hydroxylation is 2. The van der Waals surface area contributed by atoms with Crippen LogP contribution in [0, 0.1) is 25.2 Å². The van der Waals surface area contributed by atoms with E-state index in [2.05, 4.69) is 16.0 Å². The van der Waals surface area contributed by atoms with E-state index in [9.17, 15) is 0 Å².